The van der Waals surface area contributed by atoms with Gasteiger partial charge in [-0.15, -0.1) is 24.0 Å². The Hall–Kier alpha value is -0.850. The highest BCUT2D eigenvalue weighted by molar-refractivity contribution is 6.28. The van der Waals surface area contributed by atoms with E-state index in [-0.39, 0.29) is 41.8 Å². The molecule has 0 aromatic rings. The molecule has 6 nitrogen and oxygen atoms in total. The lowest BCUT2D eigenvalue weighted by atomic mass is 9.96. The highest BCUT2D eigenvalue weighted by Gasteiger charge is 2.33. The summed E-state index contributed by atoms with van der Waals surface area (Å²) in [6.45, 7) is 0.612. The van der Waals surface area contributed by atoms with Crippen molar-refractivity contribution in [2.45, 2.75) is 44.2 Å². The number of carbonyl (C=O) groups excluding carboxylic acids is 3. The van der Waals surface area contributed by atoms with E-state index in [1.54, 1.807) is 0 Å². The van der Waals surface area contributed by atoms with Crippen LogP contribution in [0.2, 0.25) is 0 Å². The number of carbonyl (C=O) groups is 3. The number of amides is 2. The molecule has 2 aliphatic rings. The molecule has 1 aliphatic heterocycles. The smallest absolute Gasteiger partial charge is 0.237 e. The number of hydrogen-bond acceptors (Lipinski definition) is 4. The van der Waals surface area contributed by atoms with E-state index in [1.807, 2.05) is 0 Å². The van der Waals surface area contributed by atoms with Gasteiger partial charge in [0.05, 0.1) is 18.0 Å². The molecule has 126 valence electrons. The Labute approximate surface area is 141 Å². The molecule has 22 heavy (non-hydrogen) atoms. The fraction of sp³-hybridized carbons (Fsp3) is 0.786. The molecule has 1 saturated heterocycles. The molecule has 2 amide bonds. The second-order valence-electron chi connectivity index (χ2n) is 5.96. The van der Waals surface area contributed by atoms with Gasteiger partial charge in [0.2, 0.25) is 11.8 Å². The Morgan fingerprint density at radius 3 is 2.50 bits per heavy atom. The van der Waals surface area contributed by atoms with Crippen molar-refractivity contribution in [1.29, 1.82) is 0 Å². The van der Waals surface area contributed by atoms with Gasteiger partial charge in [0.25, 0.3) is 0 Å². The fourth-order valence-corrected chi connectivity index (χ4v) is 2.80. The van der Waals surface area contributed by atoms with Gasteiger partial charge < -0.3 is 16.4 Å². The summed E-state index contributed by atoms with van der Waals surface area (Å²) in [7, 11) is 0. The van der Waals surface area contributed by atoms with Crippen molar-refractivity contribution in [3.63, 3.8) is 0 Å². The minimum absolute atomic E-state index is 0. The summed E-state index contributed by atoms with van der Waals surface area (Å²) in [5.74, 6) is -0.571. The highest BCUT2D eigenvalue weighted by atomic mass is 35.5. The van der Waals surface area contributed by atoms with Gasteiger partial charge in [0, 0.05) is 12.5 Å². The van der Waals surface area contributed by atoms with Crippen molar-refractivity contribution in [3.05, 3.63) is 0 Å². The largest absolute Gasteiger partial charge is 0.356 e. The molecule has 1 aliphatic carbocycles. The number of halogens is 2. The summed E-state index contributed by atoms with van der Waals surface area (Å²) in [6.07, 6.45) is 3.85. The molecule has 4 N–H and O–H groups in total. The van der Waals surface area contributed by atoms with Crippen LogP contribution in [0.5, 0.6) is 0 Å². The van der Waals surface area contributed by atoms with Crippen LogP contribution >= 0.6 is 24.0 Å². The van der Waals surface area contributed by atoms with E-state index in [0.717, 1.165) is 12.8 Å². The van der Waals surface area contributed by atoms with Gasteiger partial charge in [-0.3, -0.25) is 14.4 Å². The van der Waals surface area contributed by atoms with Crippen LogP contribution in [0.4, 0.5) is 0 Å². The van der Waals surface area contributed by atoms with E-state index in [4.69, 9.17) is 17.3 Å². The average molecular weight is 352 g/mol. The molecule has 2 rings (SSSR count). The number of nitrogens with one attached hydrogen (secondary N) is 2. The molecule has 0 spiro atoms. The van der Waals surface area contributed by atoms with Crippen molar-refractivity contribution in [3.8, 4) is 0 Å². The van der Waals surface area contributed by atoms with E-state index in [1.165, 1.54) is 0 Å². The Morgan fingerprint density at radius 1 is 1.32 bits per heavy atom. The Morgan fingerprint density at radius 2 is 2.00 bits per heavy atom. The van der Waals surface area contributed by atoms with Crippen molar-refractivity contribution in [2.24, 2.45) is 17.6 Å². The van der Waals surface area contributed by atoms with Crippen LogP contribution in [0, 0.1) is 11.8 Å². The lowest BCUT2D eigenvalue weighted by Crippen LogP contribution is -2.50. The topological polar surface area (TPSA) is 101 Å². The van der Waals surface area contributed by atoms with Crippen LogP contribution in [-0.2, 0) is 14.4 Å². The van der Waals surface area contributed by atoms with Crippen molar-refractivity contribution in [1.82, 2.24) is 10.6 Å². The third-order valence-electron chi connectivity index (χ3n) is 4.14. The third kappa shape index (κ3) is 5.41. The van der Waals surface area contributed by atoms with Gasteiger partial charge in [-0.05, 0) is 25.2 Å². The first-order valence-corrected chi connectivity index (χ1v) is 7.97. The maximum Gasteiger partial charge on any atom is 0.237 e. The second-order valence-corrected chi connectivity index (χ2v) is 6.23. The summed E-state index contributed by atoms with van der Waals surface area (Å²) in [5, 5.41) is 5.39. The molecule has 0 aromatic heterocycles. The van der Waals surface area contributed by atoms with E-state index in [2.05, 4.69) is 10.6 Å². The Kier molecular flexibility index (Phi) is 7.59. The van der Waals surface area contributed by atoms with Gasteiger partial charge >= 0.3 is 0 Å². The standard InChI is InChI=1S/C14H22ClN3O3.ClH/c15-7-12(19)11(6-9-3-4-17-13(9)20)18-14(21)10(16)5-8-1-2-8;/h8-11H,1-7,16H2,(H,17,20)(H,18,21);1H/t9-,10-,11-;/m0./s1. The molecule has 0 bridgehead atoms. The van der Waals surface area contributed by atoms with Crippen LogP contribution in [0.1, 0.15) is 32.1 Å². The number of ketones is 1. The van der Waals surface area contributed by atoms with Crippen LogP contribution < -0.4 is 16.4 Å². The predicted octanol–water partition coefficient (Wildman–Crippen LogP) is 0.354. The van der Waals surface area contributed by atoms with Gasteiger partial charge in [-0.25, -0.2) is 0 Å². The second kappa shape index (κ2) is 8.70. The number of rotatable bonds is 8. The molecular formula is C14H23Cl2N3O3. The minimum atomic E-state index is -0.728. The van der Waals surface area contributed by atoms with E-state index in [0.29, 0.717) is 31.7 Å². The minimum Gasteiger partial charge on any atom is -0.356 e. The van der Waals surface area contributed by atoms with E-state index >= 15 is 0 Å². The molecule has 0 unspecified atom stereocenters. The van der Waals surface area contributed by atoms with Gasteiger partial charge in [0.15, 0.2) is 5.78 Å². The zero-order chi connectivity index (χ0) is 15.4. The van der Waals surface area contributed by atoms with Crippen molar-refractivity contribution >= 4 is 41.6 Å². The zero-order valence-corrected chi connectivity index (χ0v) is 13.9. The third-order valence-corrected chi connectivity index (χ3v) is 4.40. The quantitative estimate of drug-likeness (QED) is 0.549. The molecule has 0 radical (unpaired) electrons. The highest BCUT2D eigenvalue weighted by Crippen LogP contribution is 2.33. The van der Waals surface area contributed by atoms with E-state index < -0.39 is 12.1 Å². The average Bonchev–Trinajstić information content (AvgIpc) is 3.19. The lowest BCUT2D eigenvalue weighted by molar-refractivity contribution is -0.129. The maximum atomic E-state index is 12.1. The first-order chi connectivity index (χ1) is 10.0. The Bertz CT molecular complexity index is 430. The van der Waals surface area contributed by atoms with Crippen LogP contribution in [0.3, 0.4) is 0 Å². The van der Waals surface area contributed by atoms with E-state index in [9.17, 15) is 14.4 Å². The van der Waals surface area contributed by atoms with Gasteiger partial charge in [0.1, 0.15) is 0 Å². The first-order valence-electron chi connectivity index (χ1n) is 7.43. The normalized spacial score (nSPS) is 23.2. The SMILES string of the molecule is Cl.N[C@@H](CC1CC1)C(=O)N[C@@H](C[C@@H]1CCNC1=O)C(=O)CCl. The lowest BCUT2D eigenvalue weighted by Gasteiger charge is -2.21. The fourth-order valence-electron chi connectivity index (χ4n) is 2.62. The first kappa shape index (κ1) is 19.2. The summed E-state index contributed by atoms with van der Waals surface area (Å²) in [4.78, 5) is 35.5. The number of alkyl halides is 1. The number of Topliss-reactive ketones (excluding diaryl/α,β-unsaturated/α-hetero) is 1. The summed E-state index contributed by atoms with van der Waals surface area (Å²) in [6, 6.07) is -1.32. The van der Waals surface area contributed by atoms with Crippen molar-refractivity contribution in [2.75, 3.05) is 12.4 Å². The van der Waals surface area contributed by atoms with Crippen LogP contribution in [0.25, 0.3) is 0 Å². The maximum absolute atomic E-state index is 12.1. The summed E-state index contributed by atoms with van der Waals surface area (Å²) >= 11 is 5.59. The van der Waals surface area contributed by atoms with Crippen LogP contribution in [-0.4, -0.2) is 42.1 Å². The zero-order valence-electron chi connectivity index (χ0n) is 12.3. The van der Waals surface area contributed by atoms with Crippen LogP contribution in [0.15, 0.2) is 0 Å². The number of hydrogen-bond donors (Lipinski definition) is 3. The predicted molar refractivity (Wildman–Crippen MR) is 86.0 cm³/mol. The number of nitrogens with two attached hydrogens (primary N) is 1. The van der Waals surface area contributed by atoms with Gasteiger partial charge in [-0.2, -0.15) is 0 Å². The molecule has 3 atom stereocenters. The summed E-state index contributed by atoms with van der Waals surface area (Å²) in [5.41, 5.74) is 5.85. The van der Waals surface area contributed by atoms with Crippen molar-refractivity contribution < 1.29 is 14.4 Å². The molecule has 2 fully saturated rings. The molecule has 8 heteroatoms. The monoisotopic (exact) mass is 351 g/mol. The molecular weight excluding hydrogens is 329 g/mol. The summed E-state index contributed by atoms with van der Waals surface area (Å²) < 4.78 is 0. The molecule has 1 saturated carbocycles. The molecule has 1 heterocycles. The Balaban J connectivity index is 0.00000242. The molecule has 0 aromatic carbocycles. The van der Waals surface area contributed by atoms with Gasteiger partial charge in [-0.1, -0.05) is 12.8 Å².